The van der Waals surface area contributed by atoms with Crippen molar-refractivity contribution < 1.29 is 9.50 Å². The zero-order valence-corrected chi connectivity index (χ0v) is 12.9. The predicted molar refractivity (Wildman–Crippen MR) is 85.5 cm³/mol. The second-order valence-corrected chi connectivity index (χ2v) is 6.04. The van der Waals surface area contributed by atoms with Crippen molar-refractivity contribution in [3.8, 4) is 0 Å². The Morgan fingerprint density at radius 2 is 2.00 bits per heavy atom. The lowest BCUT2D eigenvalue weighted by Crippen LogP contribution is -2.36. The normalized spacial score (nSPS) is 17.5. The summed E-state index contributed by atoms with van der Waals surface area (Å²) < 4.78 is 14.1. The van der Waals surface area contributed by atoms with E-state index in [1.807, 2.05) is 17.0 Å². The summed E-state index contributed by atoms with van der Waals surface area (Å²) in [6.45, 7) is 1.42. The van der Waals surface area contributed by atoms with Crippen LogP contribution >= 0.6 is 11.6 Å². The Kier molecular flexibility index (Phi) is 4.60. The van der Waals surface area contributed by atoms with Crippen LogP contribution in [0, 0.1) is 11.7 Å². The first kappa shape index (κ1) is 15.3. The van der Waals surface area contributed by atoms with Gasteiger partial charge in [0.2, 0.25) is 0 Å². The Balaban J connectivity index is 1.66. The number of hydrogen-bond acceptors (Lipinski definition) is 3. The molecule has 3 rings (SSSR count). The van der Waals surface area contributed by atoms with Gasteiger partial charge in [-0.2, -0.15) is 0 Å². The van der Waals surface area contributed by atoms with Crippen molar-refractivity contribution in [2.24, 2.45) is 5.92 Å². The van der Waals surface area contributed by atoms with Crippen LogP contribution in [0.3, 0.4) is 0 Å². The van der Waals surface area contributed by atoms with Gasteiger partial charge in [-0.3, -0.25) is 4.98 Å². The van der Waals surface area contributed by atoms with Gasteiger partial charge in [0.05, 0.1) is 16.8 Å². The van der Waals surface area contributed by atoms with E-state index in [0.717, 1.165) is 18.4 Å². The van der Waals surface area contributed by atoms with Crippen molar-refractivity contribution in [1.29, 1.82) is 0 Å². The Morgan fingerprint density at radius 3 is 2.68 bits per heavy atom. The predicted octanol–water partition coefficient (Wildman–Crippen LogP) is 3.82. The van der Waals surface area contributed by atoms with Gasteiger partial charge in [0.15, 0.2) is 5.82 Å². The highest BCUT2D eigenvalue weighted by molar-refractivity contribution is 6.31. The molecule has 0 unspecified atom stereocenters. The fourth-order valence-corrected chi connectivity index (χ4v) is 3.19. The monoisotopic (exact) mass is 320 g/mol. The van der Waals surface area contributed by atoms with Crippen LogP contribution in [0.2, 0.25) is 5.02 Å². The van der Waals surface area contributed by atoms with E-state index in [9.17, 15) is 9.50 Å². The number of pyridine rings is 1. The Hall–Kier alpha value is -1.65. The molecule has 1 aromatic carbocycles. The Morgan fingerprint density at radius 1 is 1.23 bits per heavy atom. The highest BCUT2D eigenvalue weighted by atomic mass is 35.5. The molecule has 116 valence electrons. The first-order valence-corrected chi connectivity index (χ1v) is 7.81. The first-order valence-electron chi connectivity index (χ1n) is 7.44. The second kappa shape index (κ2) is 6.63. The summed E-state index contributed by atoms with van der Waals surface area (Å²) in [5.41, 5.74) is 1.39. The number of aliphatic hydroxyl groups excluding tert-OH is 1. The molecule has 2 aromatic rings. The molecule has 0 saturated carbocycles. The summed E-state index contributed by atoms with van der Waals surface area (Å²) >= 11 is 5.84. The van der Waals surface area contributed by atoms with E-state index < -0.39 is 6.10 Å². The van der Waals surface area contributed by atoms with E-state index in [1.54, 1.807) is 30.6 Å². The number of piperidine rings is 1. The average Bonchev–Trinajstić information content (AvgIpc) is 2.58. The third kappa shape index (κ3) is 3.08. The molecule has 1 atom stereocenters. The van der Waals surface area contributed by atoms with Gasteiger partial charge in [-0.1, -0.05) is 23.7 Å². The van der Waals surface area contributed by atoms with Gasteiger partial charge in [-0.05, 0) is 42.5 Å². The maximum atomic E-state index is 14.1. The summed E-state index contributed by atoms with van der Waals surface area (Å²) in [4.78, 5) is 6.04. The molecule has 1 N–H and O–H groups in total. The van der Waals surface area contributed by atoms with Crippen molar-refractivity contribution in [2.45, 2.75) is 18.9 Å². The Labute approximate surface area is 134 Å². The van der Waals surface area contributed by atoms with Gasteiger partial charge < -0.3 is 10.0 Å². The van der Waals surface area contributed by atoms with Gasteiger partial charge in [-0.15, -0.1) is 0 Å². The molecule has 0 spiro atoms. The summed E-state index contributed by atoms with van der Waals surface area (Å²) in [6, 6.07) is 8.78. The SMILES string of the molecule is O[C@H](c1cccnc1)C1CCN(c2cccc(Cl)c2F)CC1. The second-order valence-electron chi connectivity index (χ2n) is 5.63. The number of aliphatic hydroxyl groups is 1. The van der Waals surface area contributed by atoms with Crippen LogP contribution in [0.15, 0.2) is 42.7 Å². The van der Waals surface area contributed by atoms with Crippen LogP contribution in [0.5, 0.6) is 0 Å². The third-order valence-corrected chi connectivity index (χ3v) is 4.58. The highest BCUT2D eigenvalue weighted by Gasteiger charge is 2.27. The van der Waals surface area contributed by atoms with Gasteiger partial charge in [0.25, 0.3) is 0 Å². The number of halogens is 2. The molecular weight excluding hydrogens is 303 g/mol. The van der Waals surface area contributed by atoms with Crippen molar-refractivity contribution in [1.82, 2.24) is 4.98 Å². The largest absolute Gasteiger partial charge is 0.388 e. The number of rotatable bonds is 3. The lowest BCUT2D eigenvalue weighted by molar-refractivity contribution is 0.0926. The van der Waals surface area contributed by atoms with Crippen molar-refractivity contribution in [3.05, 3.63) is 59.1 Å². The molecule has 1 aliphatic heterocycles. The molecule has 1 fully saturated rings. The topological polar surface area (TPSA) is 36.4 Å². The summed E-state index contributed by atoms with van der Waals surface area (Å²) in [5, 5.41) is 10.6. The molecule has 22 heavy (non-hydrogen) atoms. The zero-order valence-electron chi connectivity index (χ0n) is 12.1. The zero-order chi connectivity index (χ0) is 15.5. The van der Waals surface area contributed by atoms with Crippen LogP contribution in [0.25, 0.3) is 0 Å². The molecule has 1 aromatic heterocycles. The molecule has 1 saturated heterocycles. The van der Waals surface area contributed by atoms with Crippen LogP contribution in [0.1, 0.15) is 24.5 Å². The smallest absolute Gasteiger partial charge is 0.165 e. The molecule has 0 bridgehead atoms. The summed E-state index contributed by atoms with van der Waals surface area (Å²) in [7, 11) is 0. The minimum Gasteiger partial charge on any atom is -0.388 e. The van der Waals surface area contributed by atoms with Crippen LogP contribution in [-0.4, -0.2) is 23.2 Å². The number of anilines is 1. The molecule has 5 heteroatoms. The fraction of sp³-hybridized carbons (Fsp3) is 0.353. The third-order valence-electron chi connectivity index (χ3n) is 4.28. The van der Waals surface area contributed by atoms with Gasteiger partial charge in [0, 0.05) is 25.5 Å². The molecule has 0 amide bonds. The van der Waals surface area contributed by atoms with E-state index >= 15 is 0 Å². The highest BCUT2D eigenvalue weighted by Crippen LogP contribution is 2.34. The average molecular weight is 321 g/mol. The minimum absolute atomic E-state index is 0.148. The van der Waals surface area contributed by atoms with Crippen molar-refractivity contribution in [2.75, 3.05) is 18.0 Å². The summed E-state index contributed by atoms with van der Waals surface area (Å²) in [5.74, 6) is -0.196. The Bertz CT molecular complexity index is 630. The van der Waals surface area contributed by atoms with E-state index in [1.165, 1.54) is 0 Å². The molecule has 0 radical (unpaired) electrons. The summed E-state index contributed by atoms with van der Waals surface area (Å²) in [6.07, 6.45) is 4.50. The number of nitrogens with zero attached hydrogens (tertiary/aromatic N) is 2. The molecule has 0 aliphatic carbocycles. The minimum atomic E-state index is -0.514. The van der Waals surface area contributed by atoms with Crippen LogP contribution < -0.4 is 4.90 Å². The first-order chi connectivity index (χ1) is 10.7. The van der Waals surface area contributed by atoms with Crippen LogP contribution in [-0.2, 0) is 0 Å². The lowest BCUT2D eigenvalue weighted by atomic mass is 9.88. The van der Waals surface area contributed by atoms with Crippen molar-refractivity contribution >= 4 is 17.3 Å². The van der Waals surface area contributed by atoms with E-state index in [4.69, 9.17) is 11.6 Å². The molecular formula is C17H18ClFN2O. The number of benzene rings is 1. The van der Waals surface area contributed by atoms with E-state index in [-0.39, 0.29) is 16.8 Å². The lowest BCUT2D eigenvalue weighted by Gasteiger charge is -2.35. The number of hydrogen-bond donors (Lipinski definition) is 1. The fourth-order valence-electron chi connectivity index (χ4n) is 3.02. The molecule has 2 heterocycles. The maximum Gasteiger partial charge on any atom is 0.165 e. The quantitative estimate of drug-likeness (QED) is 0.934. The van der Waals surface area contributed by atoms with E-state index in [0.29, 0.717) is 18.8 Å². The van der Waals surface area contributed by atoms with Crippen LogP contribution in [0.4, 0.5) is 10.1 Å². The van der Waals surface area contributed by atoms with Gasteiger partial charge in [0.1, 0.15) is 0 Å². The maximum absolute atomic E-state index is 14.1. The molecule has 3 nitrogen and oxygen atoms in total. The molecule has 1 aliphatic rings. The van der Waals surface area contributed by atoms with Gasteiger partial charge in [-0.25, -0.2) is 4.39 Å². The standard InChI is InChI=1S/C17H18ClFN2O/c18-14-4-1-5-15(16(14)19)21-9-6-12(7-10-21)17(22)13-3-2-8-20-11-13/h1-5,8,11-12,17,22H,6-7,9-10H2/t17-/m0/s1. The van der Waals surface area contributed by atoms with Gasteiger partial charge >= 0.3 is 0 Å². The van der Waals surface area contributed by atoms with Crippen molar-refractivity contribution in [3.63, 3.8) is 0 Å². The van der Waals surface area contributed by atoms with E-state index in [2.05, 4.69) is 4.98 Å². The number of aromatic nitrogens is 1.